The molecule has 0 fully saturated rings. The van der Waals surface area contributed by atoms with Crippen LogP contribution in [-0.4, -0.2) is 7.05 Å². The van der Waals surface area contributed by atoms with E-state index in [0.717, 1.165) is 11.4 Å². The van der Waals surface area contributed by atoms with Crippen molar-refractivity contribution >= 4 is 11.6 Å². The molecule has 0 aliphatic carbocycles. The first-order chi connectivity index (χ1) is 7.86. The van der Waals surface area contributed by atoms with E-state index in [9.17, 15) is 0 Å². The molecule has 2 atom stereocenters. The molecule has 1 N–H and O–H groups in total. The lowest BCUT2D eigenvalue weighted by Crippen LogP contribution is -2.25. The van der Waals surface area contributed by atoms with Gasteiger partial charge in [0.1, 0.15) is 0 Å². The maximum Gasteiger partial charge on any atom is 0.0453 e. The van der Waals surface area contributed by atoms with E-state index in [1.807, 2.05) is 25.2 Å². The summed E-state index contributed by atoms with van der Waals surface area (Å²) >= 11 is 6.26. The van der Waals surface area contributed by atoms with Gasteiger partial charge < -0.3 is 5.32 Å². The maximum absolute atomic E-state index is 6.26. The molecule has 0 radical (unpaired) electrons. The molecule has 1 rings (SSSR count). The molecule has 1 aromatic carbocycles. The molecule has 0 saturated carbocycles. The molecular weight excluding hydrogens is 230 g/mol. The van der Waals surface area contributed by atoms with E-state index < -0.39 is 0 Å². The van der Waals surface area contributed by atoms with E-state index in [1.54, 1.807) is 0 Å². The van der Waals surface area contributed by atoms with Crippen LogP contribution in [0.4, 0.5) is 0 Å². The van der Waals surface area contributed by atoms with Gasteiger partial charge in [-0.2, -0.15) is 0 Å². The fraction of sp³-hybridized carbons (Fsp3) is 0.600. The van der Waals surface area contributed by atoms with Crippen molar-refractivity contribution in [2.75, 3.05) is 7.05 Å². The molecule has 0 aliphatic rings. The fourth-order valence-corrected chi connectivity index (χ4v) is 2.13. The van der Waals surface area contributed by atoms with E-state index in [0.29, 0.717) is 17.4 Å². The van der Waals surface area contributed by atoms with E-state index in [4.69, 9.17) is 11.6 Å². The quantitative estimate of drug-likeness (QED) is 0.822. The second-order valence-electron chi connectivity index (χ2n) is 5.87. The third-order valence-corrected chi connectivity index (χ3v) is 4.04. The van der Waals surface area contributed by atoms with Crippen molar-refractivity contribution in [3.8, 4) is 0 Å². The molecular formula is C15H24ClN. The SMILES string of the molecule is CNC(CC(C)C(C)(C)C)c1ccccc1Cl. The van der Waals surface area contributed by atoms with Crippen LogP contribution < -0.4 is 5.32 Å². The second kappa shape index (κ2) is 5.88. The lowest BCUT2D eigenvalue weighted by molar-refractivity contribution is 0.226. The molecule has 0 bridgehead atoms. The molecule has 1 nitrogen and oxygen atoms in total. The van der Waals surface area contributed by atoms with E-state index in [-0.39, 0.29) is 0 Å². The van der Waals surface area contributed by atoms with Gasteiger partial charge in [-0.15, -0.1) is 0 Å². The summed E-state index contributed by atoms with van der Waals surface area (Å²) in [5.74, 6) is 0.635. The first-order valence-corrected chi connectivity index (χ1v) is 6.65. The first kappa shape index (κ1) is 14.5. The minimum Gasteiger partial charge on any atom is -0.313 e. The van der Waals surface area contributed by atoms with Crippen LogP contribution in [-0.2, 0) is 0 Å². The summed E-state index contributed by atoms with van der Waals surface area (Å²) in [5, 5.41) is 4.23. The van der Waals surface area contributed by atoms with Crippen LogP contribution in [0.3, 0.4) is 0 Å². The molecule has 1 aromatic rings. The van der Waals surface area contributed by atoms with Crippen LogP contribution in [0.2, 0.25) is 5.02 Å². The topological polar surface area (TPSA) is 12.0 Å². The van der Waals surface area contributed by atoms with Crippen LogP contribution in [0.5, 0.6) is 0 Å². The van der Waals surface area contributed by atoms with Gasteiger partial charge in [0.2, 0.25) is 0 Å². The van der Waals surface area contributed by atoms with Gasteiger partial charge in [-0.3, -0.25) is 0 Å². The average Bonchev–Trinajstić information content (AvgIpc) is 2.25. The molecule has 17 heavy (non-hydrogen) atoms. The van der Waals surface area contributed by atoms with Gasteiger partial charge >= 0.3 is 0 Å². The Balaban J connectivity index is 2.83. The van der Waals surface area contributed by atoms with Crippen LogP contribution in [0.25, 0.3) is 0 Å². The van der Waals surface area contributed by atoms with Crippen LogP contribution >= 0.6 is 11.6 Å². The number of benzene rings is 1. The molecule has 0 aliphatic heterocycles. The number of nitrogens with one attached hydrogen (secondary N) is 1. The van der Waals surface area contributed by atoms with Gasteiger partial charge in [0, 0.05) is 11.1 Å². The summed E-state index contributed by atoms with van der Waals surface area (Å²) in [6.07, 6.45) is 1.10. The van der Waals surface area contributed by atoms with Crippen molar-refractivity contribution in [1.29, 1.82) is 0 Å². The van der Waals surface area contributed by atoms with Crippen LogP contribution in [0.15, 0.2) is 24.3 Å². The normalized spacial score (nSPS) is 15.6. The Morgan fingerprint density at radius 2 is 1.82 bits per heavy atom. The second-order valence-corrected chi connectivity index (χ2v) is 6.27. The minimum absolute atomic E-state index is 0.330. The highest BCUT2D eigenvalue weighted by molar-refractivity contribution is 6.31. The Morgan fingerprint density at radius 3 is 2.29 bits per heavy atom. The fourth-order valence-electron chi connectivity index (χ4n) is 1.87. The monoisotopic (exact) mass is 253 g/mol. The smallest absolute Gasteiger partial charge is 0.0453 e. The summed E-state index contributed by atoms with van der Waals surface area (Å²) in [6.45, 7) is 9.17. The summed E-state index contributed by atoms with van der Waals surface area (Å²) in [6, 6.07) is 8.43. The zero-order valence-corrected chi connectivity index (χ0v) is 12.3. The highest BCUT2D eigenvalue weighted by Gasteiger charge is 2.24. The summed E-state index contributed by atoms with van der Waals surface area (Å²) in [7, 11) is 2.00. The minimum atomic E-state index is 0.330. The van der Waals surface area contributed by atoms with Gasteiger partial charge in [0.25, 0.3) is 0 Å². The molecule has 0 spiro atoms. The van der Waals surface area contributed by atoms with Gasteiger partial charge in [0.05, 0.1) is 0 Å². The molecule has 0 saturated heterocycles. The van der Waals surface area contributed by atoms with Crippen molar-refractivity contribution in [3.05, 3.63) is 34.9 Å². The number of hydrogen-bond acceptors (Lipinski definition) is 1. The lowest BCUT2D eigenvalue weighted by Gasteiger charge is -2.31. The van der Waals surface area contributed by atoms with Gasteiger partial charge in [-0.25, -0.2) is 0 Å². The molecule has 0 aromatic heterocycles. The molecule has 0 amide bonds. The van der Waals surface area contributed by atoms with Gasteiger partial charge in [-0.1, -0.05) is 57.5 Å². The molecule has 96 valence electrons. The van der Waals surface area contributed by atoms with E-state index in [2.05, 4.69) is 39.1 Å². The predicted molar refractivity (Wildman–Crippen MR) is 76.5 cm³/mol. The van der Waals surface area contributed by atoms with Crippen molar-refractivity contribution in [2.45, 2.75) is 40.2 Å². The summed E-state index contributed by atoms with van der Waals surface area (Å²) in [4.78, 5) is 0. The van der Waals surface area contributed by atoms with Crippen LogP contribution in [0.1, 0.15) is 45.7 Å². The van der Waals surface area contributed by atoms with E-state index in [1.165, 1.54) is 5.56 Å². The van der Waals surface area contributed by atoms with Crippen molar-refractivity contribution in [3.63, 3.8) is 0 Å². The zero-order valence-electron chi connectivity index (χ0n) is 11.5. The molecule has 2 heteroatoms. The number of halogens is 1. The highest BCUT2D eigenvalue weighted by atomic mass is 35.5. The summed E-state index contributed by atoms with van der Waals surface area (Å²) < 4.78 is 0. The largest absolute Gasteiger partial charge is 0.313 e. The highest BCUT2D eigenvalue weighted by Crippen LogP contribution is 2.34. The van der Waals surface area contributed by atoms with Crippen LogP contribution in [0, 0.1) is 11.3 Å². The van der Waals surface area contributed by atoms with Gasteiger partial charge in [0.15, 0.2) is 0 Å². The third-order valence-electron chi connectivity index (χ3n) is 3.70. The summed E-state index contributed by atoms with van der Waals surface area (Å²) in [5.41, 5.74) is 1.53. The van der Waals surface area contributed by atoms with Gasteiger partial charge in [-0.05, 0) is 36.4 Å². The number of rotatable bonds is 4. The van der Waals surface area contributed by atoms with Crippen molar-refractivity contribution in [1.82, 2.24) is 5.32 Å². The Kier molecular flexibility index (Phi) is 5.03. The van der Waals surface area contributed by atoms with Crippen molar-refractivity contribution < 1.29 is 0 Å². The van der Waals surface area contributed by atoms with E-state index >= 15 is 0 Å². The Morgan fingerprint density at radius 1 is 1.24 bits per heavy atom. The zero-order chi connectivity index (χ0) is 13.1. The first-order valence-electron chi connectivity index (χ1n) is 6.28. The Labute approximate surface area is 111 Å². The predicted octanol–water partition coefficient (Wildman–Crippen LogP) is 4.67. The molecule has 0 heterocycles. The van der Waals surface area contributed by atoms with Crippen molar-refractivity contribution in [2.24, 2.45) is 11.3 Å². The Bertz CT molecular complexity index is 354. The maximum atomic E-state index is 6.26. The molecule has 2 unspecified atom stereocenters. The Hall–Kier alpha value is -0.530. The standard InChI is InChI=1S/C15H24ClN/c1-11(15(2,3)4)10-14(17-5)12-8-6-7-9-13(12)16/h6-9,11,14,17H,10H2,1-5H3. The third kappa shape index (κ3) is 4.01. The lowest BCUT2D eigenvalue weighted by atomic mass is 9.77. The number of hydrogen-bond donors (Lipinski definition) is 1. The average molecular weight is 254 g/mol.